The highest BCUT2D eigenvalue weighted by Gasteiger charge is 2.32. The van der Waals surface area contributed by atoms with E-state index in [2.05, 4.69) is 4.98 Å². The second kappa shape index (κ2) is 9.29. The molecule has 2 aromatic carbocycles. The molecule has 10 heteroatoms. The molecule has 0 radical (unpaired) electrons. The molecule has 2 aromatic heterocycles. The Kier molecular flexibility index (Phi) is 6.15. The molecular formula is C26H20Cl2N4O4. The molecule has 0 saturated heterocycles. The van der Waals surface area contributed by atoms with Crippen LogP contribution in [0.2, 0.25) is 10.0 Å². The summed E-state index contributed by atoms with van der Waals surface area (Å²) in [5, 5.41) is 0.599. The summed E-state index contributed by atoms with van der Waals surface area (Å²) < 4.78 is 7.85. The molecule has 1 aliphatic rings. The van der Waals surface area contributed by atoms with Gasteiger partial charge >= 0.3 is 0 Å². The van der Waals surface area contributed by atoms with Crippen molar-refractivity contribution in [3.05, 3.63) is 93.4 Å². The van der Waals surface area contributed by atoms with Crippen molar-refractivity contribution in [3.63, 3.8) is 0 Å². The number of hydrogen-bond acceptors (Lipinski definition) is 5. The van der Waals surface area contributed by atoms with E-state index in [1.807, 2.05) is 29.8 Å². The molecule has 36 heavy (non-hydrogen) atoms. The van der Waals surface area contributed by atoms with Crippen LogP contribution in [0.1, 0.15) is 32.0 Å². The molecule has 1 aliphatic heterocycles. The lowest BCUT2D eigenvalue weighted by Gasteiger charge is -2.27. The molecule has 0 atom stereocenters. The van der Waals surface area contributed by atoms with Crippen molar-refractivity contribution in [3.8, 4) is 5.75 Å². The van der Waals surface area contributed by atoms with E-state index in [4.69, 9.17) is 27.9 Å². The quantitative estimate of drug-likeness (QED) is 0.340. The number of hydrogen-bond donors (Lipinski definition) is 0. The van der Waals surface area contributed by atoms with Crippen LogP contribution in [0.4, 0.5) is 5.69 Å². The number of imidazole rings is 1. The summed E-state index contributed by atoms with van der Waals surface area (Å²) in [7, 11) is 1.52. The molecule has 0 unspecified atom stereocenters. The molecule has 0 aliphatic carbocycles. The molecule has 182 valence electrons. The summed E-state index contributed by atoms with van der Waals surface area (Å²) in [6.45, 7) is 1.50. The number of rotatable bonds is 6. The van der Waals surface area contributed by atoms with E-state index in [0.29, 0.717) is 38.8 Å². The highest BCUT2D eigenvalue weighted by Crippen LogP contribution is 2.35. The number of ether oxygens (including phenoxy) is 1. The zero-order valence-electron chi connectivity index (χ0n) is 19.4. The number of aromatic nitrogens is 2. The lowest BCUT2D eigenvalue weighted by Crippen LogP contribution is -2.46. The molecule has 0 N–H and O–H groups in total. The Hall–Kier alpha value is -3.88. The second-order valence-electron chi connectivity index (χ2n) is 8.36. The maximum atomic E-state index is 13.1. The first-order valence-corrected chi connectivity index (χ1v) is 11.8. The van der Waals surface area contributed by atoms with Gasteiger partial charge in [-0.05, 0) is 49.4 Å². The first kappa shape index (κ1) is 23.8. The van der Waals surface area contributed by atoms with Crippen LogP contribution >= 0.6 is 23.2 Å². The minimum absolute atomic E-state index is 0.0386. The molecule has 2 bridgehead atoms. The molecule has 4 aromatic rings. The summed E-state index contributed by atoms with van der Waals surface area (Å²) in [5.74, 6) is -0.974. The van der Waals surface area contributed by atoms with E-state index in [1.54, 1.807) is 36.4 Å². The molecule has 0 spiro atoms. The minimum atomic E-state index is -0.519. The number of likely N-dealkylation sites (N-methyl/N-ethyl adjacent to an activating group) is 1. The van der Waals surface area contributed by atoms with Crippen LogP contribution in [0.5, 0.6) is 5.75 Å². The van der Waals surface area contributed by atoms with Gasteiger partial charge in [-0.3, -0.25) is 19.3 Å². The molecular weight excluding hydrogens is 503 g/mol. The average Bonchev–Trinajstić information content (AvgIpc) is 3.26. The van der Waals surface area contributed by atoms with Crippen LogP contribution in [-0.4, -0.2) is 45.6 Å². The Labute approximate surface area is 216 Å². The summed E-state index contributed by atoms with van der Waals surface area (Å²) in [4.78, 5) is 45.1. The standard InChI is InChI=1S/C26H20Cl2N4O4/c1-15-12-31-10-4-7-21(24(31)29-15)36-14-18-19(27)8-9-20(23(18)28)30(2)22(33)13-32-25(34)16-5-3-6-17(11-16)26(32)35/h3-12H,13-14H2,1-2H3. The fourth-order valence-corrected chi connectivity index (χ4v) is 4.66. The topological polar surface area (TPSA) is 84.2 Å². The molecule has 8 nitrogen and oxygen atoms in total. The number of nitrogens with zero attached hydrogens (tertiary/aromatic N) is 4. The normalized spacial score (nSPS) is 12.8. The van der Waals surface area contributed by atoms with E-state index in [-0.39, 0.29) is 11.6 Å². The number of carbonyl (C=O) groups excluding carboxylic acids is 3. The summed E-state index contributed by atoms with van der Waals surface area (Å²) in [6, 6.07) is 13.2. The number of imide groups is 1. The van der Waals surface area contributed by atoms with E-state index in [9.17, 15) is 14.4 Å². The van der Waals surface area contributed by atoms with Crippen molar-refractivity contribution < 1.29 is 19.1 Å². The average molecular weight is 523 g/mol. The first-order valence-electron chi connectivity index (χ1n) is 11.0. The first-order chi connectivity index (χ1) is 17.2. The molecule has 0 fully saturated rings. The summed E-state index contributed by atoms with van der Waals surface area (Å²) in [6.07, 6.45) is 3.76. The van der Waals surface area contributed by atoms with Gasteiger partial charge < -0.3 is 14.0 Å². The Morgan fingerprint density at radius 2 is 1.78 bits per heavy atom. The van der Waals surface area contributed by atoms with Crippen molar-refractivity contribution in [1.82, 2.24) is 14.3 Å². The minimum Gasteiger partial charge on any atom is -0.485 e. The fourth-order valence-electron chi connectivity index (χ4n) is 4.06. The molecule has 3 heterocycles. The van der Waals surface area contributed by atoms with E-state index in [0.717, 1.165) is 10.6 Å². The number of amides is 3. The van der Waals surface area contributed by atoms with Gasteiger partial charge in [-0.1, -0.05) is 29.3 Å². The summed E-state index contributed by atoms with van der Waals surface area (Å²) in [5.41, 5.74) is 3.08. The van der Waals surface area contributed by atoms with Crippen LogP contribution in [0.3, 0.4) is 0 Å². The molecule has 5 rings (SSSR count). The Bertz CT molecular complexity index is 1520. The van der Waals surface area contributed by atoms with Gasteiger partial charge in [-0.2, -0.15) is 0 Å². The molecule has 3 amide bonds. The third-order valence-electron chi connectivity index (χ3n) is 5.98. The number of anilines is 1. The predicted molar refractivity (Wildman–Crippen MR) is 136 cm³/mol. The summed E-state index contributed by atoms with van der Waals surface area (Å²) >= 11 is 13.1. The third-order valence-corrected chi connectivity index (χ3v) is 6.76. The number of halogens is 2. The largest absolute Gasteiger partial charge is 0.485 e. The highest BCUT2D eigenvalue weighted by atomic mass is 35.5. The number of carbonyl (C=O) groups is 3. The number of benzene rings is 2. The van der Waals surface area contributed by atoms with Gasteiger partial charge in [0.15, 0.2) is 11.4 Å². The van der Waals surface area contributed by atoms with Crippen molar-refractivity contribution in [2.75, 3.05) is 18.5 Å². The van der Waals surface area contributed by atoms with Crippen LogP contribution in [-0.2, 0) is 11.4 Å². The fraction of sp³-hybridized carbons (Fsp3) is 0.154. The van der Waals surface area contributed by atoms with Crippen molar-refractivity contribution in [1.29, 1.82) is 0 Å². The number of fused-ring (bicyclic) bond motifs is 3. The van der Waals surface area contributed by atoms with Gasteiger partial charge in [0, 0.05) is 41.2 Å². The van der Waals surface area contributed by atoms with E-state index >= 15 is 0 Å². The van der Waals surface area contributed by atoms with Crippen LogP contribution in [0.15, 0.2) is 60.9 Å². The maximum Gasteiger partial charge on any atom is 0.261 e. The highest BCUT2D eigenvalue weighted by molar-refractivity contribution is 6.38. The smallest absolute Gasteiger partial charge is 0.261 e. The maximum absolute atomic E-state index is 13.1. The van der Waals surface area contributed by atoms with E-state index < -0.39 is 24.3 Å². The second-order valence-corrected chi connectivity index (χ2v) is 9.15. The Morgan fingerprint density at radius 3 is 2.50 bits per heavy atom. The predicted octanol–water partition coefficient (Wildman–Crippen LogP) is 4.79. The van der Waals surface area contributed by atoms with Gasteiger partial charge in [-0.15, -0.1) is 0 Å². The number of pyridine rings is 1. The zero-order valence-corrected chi connectivity index (χ0v) is 20.9. The van der Waals surface area contributed by atoms with Crippen LogP contribution in [0, 0.1) is 6.92 Å². The monoisotopic (exact) mass is 522 g/mol. The van der Waals surface area contributed by atoms with Crippen molar-refractivity contribution >= 4 is 52.3 Å². The Balaban J connectivity index is 1.36. The SMILES string of the molecule is Cc1cn2cccc(OCc3c(Cl)ccc(N(C)C(=O)CN4C(=O)c5cccc(c5)C4=O)c3Cl)c2n1. The lowest BCUT2D eigenvalue weighted by molar-refractivity contribution is -0.118. The van der Waals surface area contributed by atoms with Crippen LogP contribution in [0.25, 0.3) is 5.65 Å². The zero-order chi connectivity index (χ0) is 25.6. The van der Waals surface area contributed by atoms with Gasteiger partial charge in [-0.25, -0.2) is 4.98 Å². The van der Waals surface area contributed by atoms with Crippen molar-refractivity contribution in [2.45, 2.75) is 13.5 Å². The van der Waals surface area contributed by atoms with Gasteiger partial charge in [0.05, 0.1) is 16.4 Å². The van der Waals surface area contributed by atoms with Gasteiger partial charge in [0.25, 0.3) is 11.8 Å². The Morgan fingerprint density at radius 1 is 1.06 bits per heavy atom. The van der Waals surface area contributed by atoms with Crippen molar-refractivity contribution in [2.24, 2.45) is 0 Å². The lowest BCUT2D eigenvalue weighted by atomic mass is 10.0. The van der Waals surface area contributed by atoms with E-state index in [1.165, 1.54) is 18.0 Å². The third kappa shape index (κ3) is 4.19. The van der Waals surface area contributed by atoms with Gasteiger partial charge in [0.2, 0.25) is 5.91 Å². The van der Waals surface area contributed by atoms with Crippen LogP contribution < -0.4 is 9.64 Å². The number of aryl methyl sites for hydroxylation is 1. The molecule has 0 saturated carbocycles. The van der Waals surface area contributed by atoms with Gasteiger partial charge in [0.1, 0.15) is 13.2 Å².